The molecule has 186 valence electrons. The second-order valence-corrected chi connectivity index (χ2v) is 9.41. The minimum atomic E-state index is -0.917. The third-order valence-electron chi connectivity index (χ3n) is 5.91. The van der Waals surface area contributed by atoms with Crippen LogP contribution >= 0.6 is 11.8 Å². The summed E-state index contributed by atoms with van der Waals surface area (Å²) >= 11 is 0.741. The molecule has 0 atom stereocenters. The van der Waals surface area contributed by atoms with Gasteiger partial charge < -0.3 is 5.11 Å². The number of imide groups is 1. The minimum absolute atomic E-state index is 0.0389. The van der Waals surface area contributed by atoms with Crippen LogP contribution in [0.15, 0.2) is 58.5 Å². The molecule has 0 bridgehead atoms. The van der Waals surface area contributed by atoms with Crippen molar-refractivity contribution in [3.05, 3.63) is 87.3 Å². The van der Waals surface area contributed by atoms with Crippen LogP contribution in [-0.4, -0.2) is 27.9 Å². The first-order chi connectivity index (χ1) is 17.6. The average molecular weight is 521 g/mol. The monoisotopic (exact) mass is 520 g/mol. The van der Waals surface area contributed by atoms with Gasteiger partial charge in [-0.3, -0.25) is 30.0 Å². The maximum absolute atomic E-state index is 14.9. The van der Waals surface area contributed by atoms with E-state index in [-0.39, 0.29) is 33.3 Å². The second-order valence-electron chi connectivity index (χ2n) is 8.39. The van der Waals surface area contributed by atoms with E-state index in [9.17, 15) is 28.3 Å². The Kier molecular flexibility index (Phi) is 6.00. The fourth-order valence-electron chi connectivity index (χ4n) is 3.94. The van der Waals surface area contributed by atoms with Crippen molar-refractivity contribution in [3.63, 3.8) is 0 Å². The van der Waals surface area contributed by atoms with Gasteiger partial charge in [0.1, 0.15) is 11.6 Å². The number of carbonyl (C=O) groups is 3. The molecule has 0 unspecified atom stereocenters. The van der Waals surface area contributed by atoms with Crippen molar-refractivity contribution >= 4 is 57.7 Å². The van der Waals surface area contributed by atoms with E-state index in [2.05, 4.69) is 15.8 Å². The fraction of sp³-hybridized carbons (Fsp3) is 0.0769. The lowest BCUT2D eigenvalue weighted by Gasteiger charge is -2.18. The summed E-state index contributed by atoms with van der Waals surface area (Å²) in [6.45, 7) is 3.76. The first kappa shape index (κ1) is 24.2. The zero-order valence-electron chi connectivity index (χ0n) is 19.4. The number of phenols is 1. The topological polar surface area (TPSA) is 111 Å². The average Bonchev–Trinajstić information content (AvgIpc) is 3.29. The Morgan fingerprint density at radius 2 is 1.81 bits per heavy atom. The Bertz CT molecular complexity index is 1580. The van der Waals surface area contributed by atoms with Gasteiger partial charge in [-0.05, 0) is 78.7 Å². The normalized spacial score (nSPS) is 17.1. The molecule has 0 aliphatic carbocycles. The molecule has 0 spiro atoms. The van der Waals surface area contributed by atoms with Gasteiger partial charge >= 0.3 is 0 Å². The molecule has 3 aromatic rings. The highest BCUT2D eigenvalue weighted by molar-refractivity contribution is 8.18. The fourth-order valence-corrected chi connectivity index (χ4v) is 4.62. The summed E-state index contributed by atoms with van der Waals surface area (Å²) in [4.78, 5) is 37.7. The third kappa shape index (κ3) is 4.45. The van der Waals surface area contributed by atoms with Crippen molar-refractivity contribution in [1.29, 1.82) is 0 Å². The highest BCUT2D eigenvalue weighted by Gasteiger charge is 2.38. The smallest absolute Gasteiger partial charge is 0.290 e. The van der Waals surface area contributed by atoms with Gasteiger partial charge in [0.15, 0.2) is 11.5 Å². The number of fused-ring (bicyclic) bond motifs is 1. The van der Waals surface area contributed by atoms with Crippen molar-refractivity contribution in [2.24, 2.45) is 5.10 Å². The summed E-state index contributed by atoms with van der Waals surface area (Å²) < 4.78 is 29.0. The molecule has 37 heavy (non-hydrogen) atoms. The summed E-state index contributed by atoms with van der Waals surface area (Å²) in [7, 11) is 0. The molecule has 1 saturated heterocycles. The first-order valence-corrected chi connectivity index (χ1v) is 11.8. The molecule has 2 heterocycles. The molecule has 1 fully saturated rings. The van der Waals surface area contributed by atoms with E-state index in [1.165, 1.54) is 18.2 Å². The molecule has 0 radical (unpaired) electrons. The van der Waals surface area contributed by atoms with Gasteiger partial charge in [0.25, 0.3) is 17.1 Å². The number of phenolic OH excluding ortho intramolecular Hbond substituents is 1. The Labute approximate surface area is 213 Å². The molecule has 0 aromatic heterocycles. The van der Waals surface area contributed by atoms with Crippen molar-refractivity contribution < 1.29 is 28.3 Å². The molecule has 8 nitrogen and oxygen atoms in total. The number of hydrogen-bond acceptors (Lipinski definition) is 7. The summed E-state index contributed by atoms with van der Waals surface area (Å²) in [6.07, 6.45) is 1.43. The number of rotatable bonds is 4. The standard InChI is InChI=1S/C26H18F2N4O4S/c1-12-3-5-16(7-13(12)2)32-23-17(10-15(27)11-18(23)28)22(25(32)35)31-30-19-6-4-14(8-20(19)33)9-21-24(34)29-26(36)37-21/h3-11,30,33H,1-2H3,(H,29,34,36)/b21-9-,31-22-. The lowest BCUT2D eigenvalue weighted by atomic mass is 10.1. The van der Waals surface area contributed by atoms with Crippen LogP contribution in [0.1, 0.15) is 22.3 Å². The summed E-state index contributed by atoms with van der Waals surface area (Å²) in [5, 5.41) is 16.2. The van der Waals surface area contributed by atoms with Gasteiger partial charge in [0, 0.05) is 17.3 Å². The number of halogens is 2. The van der Waals surface area contributed by atoms with E-state index < -0.39 is 28.7 Å². The molecular formula is C26H18F2N4O4S. The van der Waals surface area contributed by atoms with Crippen molar-refractivity contribution in [1.82, 2.24) is 5.32 Å². The number of hydrazone groups is 1. The number of aromatic hydroxyl groups is 1. The van der Waals surface area contributed by atoms with Gasteiger partial charge in [0.05, 0.1) is 16.3 Å². The molecule has 0 saturated carbocycles. The largest absolute Gasteiger partial charge is 0.506 e. The second kappa shape index (κ2) is 9.17. The van der Waals surface area contributed by atoms with E-state index in [1.54, 1.807) is 24.3 Å². The van der Waals surface area contributed by atoms with Crippen LogP contribution in [0.5, 0.6) is 5.75 Å². The van der Waals surface area contributed by atoms with E-state index in [0.717, 1.165) is 33.9 Å². The van der Waals surface area contributed by atoms with Gasteiger partial charge in [-0.25, -0.2) is 8.78 Å². The molecule has 2 aliphatic rings. The van der Waals surface area contributed by atoms with Crippen molar-refractivity contribution in [2.45, 2.75) is 13.8 Å². The maximum Gasteiger partial charge on any atom is 0.290 e. The van der Waals surface area contributed by atoms with E-state index in [4.69, 9.17) is 0 Å². The van der Waals surface area contributed by atoms with Crippen LogP contribution in [0, 0.1) is 25.5 Å². The zero-order chi connectivity index (χ0) is 26.4. The van der Waals surface area contributed by atoms with E-state index >= 15 is 0 Å². The molecule has 2 aliphatic heterocycles. The number of amides is 3. The van der Waals surface area contributed by atoms with E-state index in [0.29, 0.717) is 17.3 Å². The van der Waals surface area contributed by atoms with Crippen LogP contribution in [0.4, 0.5) is 30.6 Å². The number of anilines is 3. The number of nitrogens with one attached hydrogen (secondary N) is 2. The van der Waals surface area contributed by atoms with Gasteiger partial charge in [-0.1, -0.05) is 12.1 Å². The highest BCUT2D eigenvalue weighted by atomic mass is 32.2. The van der Waals surface area contributed by atoms with Crippen LogP contribution in [-0.2, 0) is 9.59 Å². The minimum Gasteiger partial charge on any atom is -0.506 e. The van der Waals surface area contributed by atoms with Gasteiger partial charge in [-0.2, -0.15) is 5.10 Å². The Morgan fingerprint density at radius 1 is 1.03 bits per heavy atom. The van der Waals surface area contributed by atoms with E-state index in [1.807, 2.05) is 13.8 Å². The SMILES string of the molecule is Cc1ccc(N2C(=O)/C(=N\Nc3ccc(/C=C4\SC(=O)NC4=O)cc3O)c3cc(F)cc(F)c32)cc1C. The van der Waals surface area contributed by atoms with Crippen LogP contribution < -0.4 is 15.6 Å². The third-order valence-corrected chi connectivity index (χ3v) is 6.72. The maximum atomic E-state index is 14.9. The number of carbonyl (C=O) groups excluding carboxylic acids is 3. The van der Waals surface area contributed by atoms with Crippen molar-refractivity contribution in [3.8, 4) is 5.75 Å². The van der Waals surface area contributed by atoms with Crippen LogP contribution in [0.25, 0.3) is 6.08 Å². The molecule has 3 aromatic carbocycles. The zero-order valence-corrected chi connectivity index (χ0v) is 20.2. The Morgan fingerprint density at radius 3 is 2.49 bits per heavy atom. The number of benzene rings is 3. The molecular weight excluding hydrogens is 502 g/mol. The first-order valence-electron chi connectivity index (χ1n) is 10.9. The van der Waals surface area contributed by atoms with Crippen molar-refractivity contribution in [2.75, 3.05) is 10.3 Å². The Balaban J connectivity index is 1.49. The number of aryl methyl sites for hydroxylation is 2. The number of nitrogens with zero attached hydrogens (tertiary/aromatic N) is 2. The number of thioether (sulfide) groups is 1. The summed E-state index contributed by atoms with van der Waals surface area (Å²) in [5.74, 6) is -3.26. The van der Waals surface area contributed by atoms with Crippen LogP contribution in [0.2, 0.25) is 0 Å². The molecule has 11 heteroatoms. The molecule has 3 N–H and O–H groups in total. The molecule has 5 rings (SSSR count). The Hall–Kier alpha value is -4.51. The number of hydrogen-bond donors (Lipinski definition) is 3. The summed E-state index contributed by atoms with van der Waals surface area (Å²) in [5.41, 5.74) is 4.99. The quantitative estimate of drug-likeness (QED) is 0.251. The predicted molar refractivity (Wildman–Crippen MR) is 137 cm³/mol. The summed E-state index contributed by atoms with van der Waals surface area (Å²) in [6, 6.07) is 11.2. The van der Waals surface area contributed by atoms with Crippen LogP contribution in [0.3, 0.4) is 0 Å². The van der Waals surface area contributed by atoms with Gasteiger partial charge in [0.2, 0.25) is 0 Å². The lowest BCUT2D eigenvalue weighted by Crippen LogP contribution is -2.26. The molecule has 3 amide bonds. The highest BCUT2D eigenvalue weighted by Crippen LogP contribution is 2.39. The predicted octanol–water partition coefficient (Wildman–Crippen LogP) is 5.11. The van der Waals surface area contributed by atoms with Gasteiger partial charge in [-0.15, -0.1) is 0 Å². The lowest BCUT2D eigenvalue weighted by molar-refractivity contribution is -0.115.